The number of nitrogens with one attached hydrogen (secondary N) is 1. The van der Waals surface area contributed by atoms with E-state index in [9.17, 15) is 19.1 Å². The first-order valence-electron chi connectivity index (χ1n) is 11.4. The Labute approximate surface area is 212 Å². The molecular formula is C23H29ClFN5O6. The van der Waals surface area contributed by atoms with Gasteiger partial charge in [-0.1, -0.05) is 11.6 Å². The Morgan fingerprint density at radius 1 is 1.36 bits per heavy atom. The highest BCUT2D eigenvalue weighted by molar-refractivity contribution is 6.31. The lowest BCUT2D eigenvalue weighted by Crippen LogP contribution is -2.39. The van der Waals surface area contributed by atoms with Crippen molar-refractivity contribution in [1.29, 1.82) is 0 Å². The molecule has 11 nitrogen and oxygen atoms in total. The molecule has 4 rings (SSSR count). The van der Waals surface area contributed by atoms with Gasteiger partial charge in [0.2, 0.25) is 0 Å². The largest absolute Gasteiger partial charge is 0.508 e. The molecule has 2 atom stereocenters. The number of rotatable bonds is 3. The number of aliphatic hydroxyl groups is 1. The number of anilines is 1. The molecule has 2 aliphatic heterocycles. The monoisotopic (exact) mass is 525 g/mol. The minimum Gasteiger partial charge on any atom is -0.431 e. The van der Waals surface area contributed by atoms with E-state index in [-0.39, 0.29) is 30.8 Å². The zero-order chi connectivity index (χ0) is 26.2. The topological polar surface area (TPSA) is 118 Å². The maximum atomic E-state index is 13.4. The molecule has 2 unspecified atom stereocenters. The zero-order valence-electron chi connectivity index (χ0n) is 20.5. The number of nitrogens with zero attached hydrogens (tertiary/aromatic N) is 4. The number of carbonyl (C=O) groups excluding carboxylic acids is 2. The van der Waals surface area contributed by atoms with Gasteiger partial charge in [-0.2, -0.15) is 10.2 Å². The van der Waals surface area contributed by atoms with Crippen molar-refractivity contribution in [3.8, 4) is 0 Å². The van der Waals surface area contributed by atoms with Gasteiger partial charge < -0.3 is 24.8 Å². The lowest BCUT2D eigenvalue weighted by molar-refractivity contribution is -0.255. The van der Waals surface area contributed by atoms with Crippen LogP contribution in [0.1, 0.15) is 44.0 Å². The van der Waals surface area contributed by atoms with Crippen LogP contribution in [0.3, 0.4) is 0 Å². The number of hydrogen-bond acceptors (Lipinski definition) is 8. The van der Waals surface area contributed by atoms with Gasteiger partial charge >= 0.3 is 12.2 Å². The summed E-state index contributed by atoms with van der Waals surface area (Å²) in [7, 11) is 1.56. The molecule has 1 aromatic carbocycles. The molecule has 1 aromatic heterocycles. The van der Waals surface area contributed by atoms with Crippen LogP contribution < -0.4 is 5.32 Å². The molecule has 3 heterocycles. The molecule has 0 bridgehead atoms. The molecule has 36 heavy (non-hydrogen) atoms. The molecule has 2 aliphatic rings. The third kappa shape index (κ3) is 5.89. The van der Waals surface area contributed by atoms with E-state index in [1.54, 1.807) is 37.4 Å². The Morgan fingerprint density at radius 2 is 2.11 bits per heavy atom. The fourth-order valence-electron chi connectivity index (χ4n) is 4.04. The minimum atomic E-state index is -1.16. The molecule has 2 aromatic rings. The van der Waals surface area contributed by atoms with Gasteiger partial charge in [-0.05, 0) is 39.0 Å². The van der Waals surface area contributed by atoms with E-state index in [1.807, 2.05) is 0 Å². The van der Waals surface area contributed by atoms with Crippen molar-refractivity contribution < 1.29 is 33.4 Å². The molecule has 0 saturated carbocycles. The summed E-state index contributed by atoms with van der Waals surface area (Å²) in [4.78, 5) is 32.2. The summed E-state index contributed by atoms with van der Waals surface area (Å²) < 4.78 is 25.4. The molecule has 0 spiro atoms. The number of hydrogen-bond donors (Lipinski definition) is 2. The first kappa shape index (κ1) is 26.1. The third-order valence-electron chi connectivity index (χ3n) is 5.66. The fourth-order valence-corrected chi connectivity index (χ4v) is 4.22. The molecule has 2 amide bonds. The van der Waals surface area contributed by atoms with E-state index >= 15 is 0 Å². The smallest absolute Gasteiger partial charge is 0.431 e. The Bertz CT molecular complexity index is 1150. The number of amides is 2. The normalized spacial score (nSPS) is 20.2. The average molecular weight is 526 g/mol. The lowest BCUT2D eigenvalue weighted by atomic mass is 10.0. The van der Waals surface area contributed by atoms with Gasteiger partial charge in [-0.25, -0.2) is 14.0 Å². The second kappa shape index (κ2) is 10.2. The number of hydroxylamine groups is 2. The van der Waals surface area contributed by atoms with Crippen LogP contribution in [0.5, 0.6) is 0 Å². The molecule has 13 heteroatoms. The summed E-state index contributed by atoms with van der Waals surface area (Å²) in [5, 5.41) is 19.5. The molecule has 2 N–H and O–H groups in total. The molecular weight excluding hydrogens is 497 g/mol. The molecule has 196 valence electrons. The number of fused-ring (bicyclic) bond motifs is 3. The summed E-state index contributed by atoms with van der Waals surface area (Å²) in [6, 6.07) is 3.56. The van der Waals surface area contributed by atoms with Crippen LogP contribution in [0, 0.1) is 5.82 Å². The fraction of sp³-hybridized carbons (Fsp3) is 0.522. The van der Waals surface area contributed by atoms with Gasteiger partial charge in [0, 0.05) is 31.3 Å². The Balaban J connectivity index is 1.47. The maximum absolute atomic E-state index is 13.4. The Hall–Kier alpha value is -2.93. The molecule has 0 radical (unpaired) electrons. The van der Waals surface area contributed by atoms with E-state index in [0.717, 1.165) is 5.69 Å². The van der Waals surface area contributed by atoms with Crippen molar-refractivity contribution in [2.75, 3.05) is 25.5 Å². The van der Waals surface area contributed by atoms with Crippen LogP contribution in [0.15, 0.2) is 18.2 Å². The van der Waals surface area contributed by atoms with Crippen LogP contribution in [0.2, 0.25) is 5.02 Å². The van der Waals surface area contributed by atoms with E-state index in [0.29, 0.717) is 29.9 Å². The SMILES string of the molecule is CN1OC(COC(=O)OC(C)(C)C)Cn2nc3c(c2C1O)CN(C(=O)Nc1ccc(F)c(Cl)c1)CC3. The van der Waals surface area contributed by atoms with Crippen molar-refractivity contribution in [3.63, 3.8) is 0 Å². The minimum absolute atomic E-state index is 0.0907. The summed E-state index contributed by atoms with van der Waals surface area (Å²) in [6.07, 6.45) is -2.12. The second-order valence-corrected chi connectivity index (χ2v) is 10.1. The highest BCUT2D eigenvalue weighted by Crippen LogP contribution is 2.32. The standard InChI is InChI=1S/C23H29ClFN5O6/c1-23(2,3)35-22(33)34-12-14-10-30-19(20(31)28(4)36-14)15-11-29(8-7-18(15)27-30)21(32)26-13-5-6-17(25)16(24)9-13/h5-6,9,14,20,31H,7-8,10-12H2,1-4H3,(H,26,32). The first-order chi connectivity index (χ1) is 16.9. The van der Waals surface area contributed by atoms with Gasteiger partial charge in [0.25, 0.3) is 0 Å². The van der Waals surface area contributed by atoms with Crippen molar-refractivity contribution in [2.24, 2.45) is 0 Å². The third-order valence-corrected chi connectivity index (χ3v) is 5.95. The van der Waals surface area contributed by atoms with Crippen LogP contribution in [0.25, 0.3) is 0 Å². The first-order valence-corrected chi connectivity index (χ1v) is 11.8. The number of benzene rings is 1. The number of halogens is 2. The number of aliphatic hydroxyl groups excluding tert-OH is 1. The van der Waals surface area contributed by atoms with Gasteiger partial charge in [0.1, 0.15) is 24.1 Å². The Morgan fingerprint density at radius 3 is 2.81 bits per heavy atom. The Kier molecular flexibility index (Phi) is 7.41. The lowest BCUT2D eigenvalue weighted by Gasteiger charge is -2.29. The van der Waals surface area contributed by atoms with Crippen molar-refractivity contribution in [3.05, 3.63) is 46.0 Å². The van der Waals surface area contributed by atoms with E-state index < -0.39 is 29.9 Å². The van der Waals surface area contributed by atoms with E-state index in [2.05, 4.69) is 10.4 Å². The van der Waals surface area contributed by atoms with E-state index in [1.165, 1.54) is 23.3 Å². The average Bonchev–Trinajstić information content (AvgIpc) is 3.09. The number of carbonyl (C=O) groups is 2. The quantitative estimate of drug-likeness (QED) is 0.585. The van der Waals surface area contributed by atoms with Crippen molar-refractivity contribution in [2.45, 2.75) is 58.2 Å². The molecule has 0 aliphatic carbocycles. The summed E-state index contributed by atoms with van der Waals surface area (Å²) in [6.45, 7) is 5.92. The van der Waals surface area contributed by atoms with Gasteiger partial charge in [-0.15, -0.1) is 0 Å². The van der Waals surface area contributed by atoms with Crippen LogP contribution in [-0.2, 0) is 33.8 Å². The predicted octanol–water partition coefficient (Wildman–Crippen LogP) is 3.45. The van der Waals surface area contributed by atoms with Crippen LogP contribution >= 0.6 is 11.6 Å². The van der Waals surface area contributed by atoms with Gasteiger partial charge in [0.15, 0.2) is 6.23 Å². The second-order valence-electron chi connectivity index (χ2n) is 9.65. The number of ether oxygens (including phenoxy) is 2. The number of aromatic nitrogens is 2. The summed E-state index contributed by atoms with van der Waals surface area (Å²) in [5.41, 5.74) is 1.65. The summed E-state index contributed by atoms with van der Waals surface area (Å²) in [5.74, 6) is -0.574. The van der Waals surface area contributed by atoms with Crippen LogP contribution in [0.4, 0.5) is 19.7 Å². The summed E-state index contributed by atoms with van der Waals surface area (Å²) >= 11 is 5.81. The zero-order valence-corrected chi connectivity index (χ0v) is 21.2. The number of urea groups is 1. The predicted molar refractivity (Wildman–Crippen MR) is 127 cm³/mol. The van der Waals surface area contributed by atoms with Gasteiger partial charge in [0.05, 0.1) is 29.5 Å². The van der Waals surface area contributed by atoms with Gasteiger partial charge in [-0.3, -0.25) is 9.52 Å². The van der Waals surface area contributed by atoms with Crippen molar-refractivity contribution in [1.82, 2.24) is 19.7 Å². The highest BCUT2D eigenvalue weighted by atomic mass is 35.5. The highest BCUT2D eigenvalue weighted by Gasteiger charge is 2.36. The van der Waals surface area contributed by atoms with Crippen LogP contribution in [-0.4, -0.2) is 68.9 Å². The maximum Gasteiger partial charge on any atom is 0.508 e. The molecule has 0 saturated heterocycles. The molecule has 0 fully saturated rings. The van der Waals surface area contributed by atoms with Crippen molar-refractivity contribution >= 4 is 29.5 Å². The van der Waals surface area contributed by atoms with E-state index in [4.69, 9.17) is 25.9 Å².